The van der Waals surface area contributed by atoms with E-state index in [9.17, 15) is 4.79 Å². The Bertz CT molecular complexity index is 816. The van der Waals surface area contributed by atoms with Gasteiger partial charge in [0.25, 0.3) is 5.91 Å². The van der Waals surface area contributed by atoms with Crippen LogP contribution in [-0.4, -0.2) is 22.7 Å². The van der Waals surface area contributed by atoms with Gasteiger partial charge in [-0.25, -0.2) is 0 Å². The zero-order valence-corrected chi connectivity index (χ0v) is 14.8. The van der Waals surface area contributed by atoms with Crippen molar-refractivity contribution in [2.75, 3.05) is 11.9 Å². The van der Waals surface area contributed by atoms with Gasteiger partial charge < -0.3 is 4.74 Å². The molecule has 0 saturated heterocycles. The number of carbonyl (C=O) groups is 1. The molecule has 25 heavy (non-hydrogen) atoms. The molecule has 128 valence electrons. The van der Waals surface area contributed by atoms with E-state index in [1.54, 1.807) is 0 Å². The zero-order valence-electron chi connectivity index (χ0n) is 13.9. The van der Waals surface area contributed by atoms with Crippen LogP contribution in [0.3, 0.4) is 0 Å². The number of nitrogens with one attached hydrogen (secondary N) is 1. The standard InChI is InChI=1S/C19H19N3O2S/c1-2-6-18-21-22-19(25-18)20-17(23)13-24-16-11-9-15(10-12-16)14-7-4-3-5-8-14/h3-5,7-12H,2,6,13H2,1H3,(H,20,22,23). The number of hydrogen-bond acceptors (Lipinski definition) is 5. The SMILES string of the molecule is CCCc1nnc(NC(=O)COc2ccc(-c3ccccc3)cc2)s1. The van der Waals surface area contributed by atoms with E-state index in [-0.39, 0.29) is 12.5 Å². The first-order valence-corrected chi connectivity index (χ1v) is 8.97. The highest BCUT2D eigenvalue weighted by Gasteiger charge is 2.08. The summed E-state index contributed by atoms with van der Waals surface area (Å²) in [5, 5.41) is 12.1. The number of aryl methyl sites for hydroxylation is 1. The quantitative estimate of drug-likeness (QED) is 0.692. The Hall–Kier alpha value is -2.73. The first-order valence-electron chi connectivity index (χ1n) is 8.15. The molecule has 1 heterocycles. The normalized spacial score (nSPS) is 10.4. The Kier molecular flexibility index (Phi) is 5.74. The van der Waals surface area contributed by atoms with Gasteiger partial charge in [-0.05, 0) is 29.7 Å². The second kappa shape index (κ2) is 8.39. The maximum absolute atomic E-state index is 11.9. The van der Waals surface area contributed by atoms with Gasteiger partial charge in [0.05, 0.1) is 0 Å². The van der Waals surface area contributed by atoms with Crippen molar-refractivity contribution < 1.29 is 9.53 Å². The second-order valence-corrected chi connectivity index (χ2v) is 6.54. The summed E-state index contributed by atoms with van der Waals surface area (Å²) in [6.45, 7) is 2.02. The summed E-state index contributed by atoms with van der Waals surface area (Å²) in [5.41, 5.74) is 2.25. The summed E-state index contributed by atoms with van der Waals surface area (Å²) in [6.07, 6.45) is 1.88. The highest BCUT2D eigenvalue weighted by molar-refractivity contribution is 7.15. The van der Waals surface area contributed by atoms with Crippen molar-refractivity contribution in [2.24, 2.45) is 0 Å². The summed E-state index contributed by atoms with van der Waals surface area (Å²) >= 11 is 1.40. The van der Waals surface area contributed by atoms with Gasteiger partial charge in [0.1, 0.15) is 10.8 Å². The number of nitrogens with zero attached hydrogens (tertiary/aromatic N) is 2. The van der Waals surface area contributed by atoms with E-state index in [1.807, 2.05) is 42.5 Å². The van der Waals surface area contributed by atoms with Crippen molar-refractivity contribution in [2.45, 2.75) is 19.8 Å². The van der Waals surface area contributed by atoms with Gasteiger partial charge in [-0.15, -0.1) is 10.2 Å². The molecule has 0 aliphatic rings. The van der Waals surface area contributed by atoms with Gasteiger partial charge >= 0.3 is 0 Å². The van der Waals surface area contributed by atoms with Crippen LogP contribution in [0, 0.1) is 0 Å². The Labute approximate surface area is 150 Å². The van der Waals surface area contributed by atoms with Gasteiger partial charge in [0.15, 0.2) is 6.61 Å². The predicted octanol–water partition coefficient (Wildman–Crippen LogP) is 4.18. The zero-order chi connectivity index (χ0) is 17.5. The molecule has 1 aromatic heterocycles. The molecular weight excluding hydrogens is 334 g/mol. The number of benzene rings is 2. The summed E-state index contributed by atoms with van der Waals surface area (Å²) < 4.78 is 5.53. The van der Waals surface area contributed by atoms with Crippen LogP contribution >= 0.6 is 11.3 Å². The van der Waals surface area contributed by atoms with E-state index >= 15 is 0 Å². The fourth-order valence-corrected chi connectivity index (χ4v) is 3.15. The Morgan fingerprint density at radius 1 is 1.04 bits per heavy atom. The number of hydrogen-bond donors (Lipinski definition) is 1. The fourth-order valence-electron chi connectivity index (χ4n) is 2.30. The van der Waals surface area contributed by atoms with E-state index < -0.39 is 0 Å². The van der Waals surface area contributed by atoms with E-state index in [4.69, 9.17) is 4.74 Å². The van der Waals surface area contributed by atoms with Crippen molar-refractivity contribution in [3.63, 3.8) is 0 Å². The van der Waals surface area contributed by atoms with Crippen LogP contribution in [0.5, 0.6) is 5.75 Å². The largest absolute Gasteiger partial charge is 0.484 e. The number of carbonyl (C=O) groups excluding carboxylic acids is 1. The molecule has 0 bridgehead atoms. The third-order valence-electron chi connectivity index (χ3n) is 3.51. The molecule has 0 atom stereocenters. The third kappa shape index (κ3) is 4.87. The van der Waals surface area contributed by atoms with E-state index in [0.717, 1.165) is 29.0 Å². The minimum absolute atomic E-state index is 0.0621. The Balaban J connectivity index is 1.51. The summed E-state index contributed by atoms with van der Waals surface area (Å²) in [7, 11) is 0. The minimum Gasteiger partial charge on any atom is -0.484 e. The van der Waals surface area contributed by atoms with E-state index in [1.165, 1.54) is 11.3 Å². The highest BCUT2D eigenvalue weighted by atomic mass is 32.1. The number of anilines is 1. The molecule has 0 unspecified atom stereocenters. The third-order valence-corrected chi connectivity index (χ3v) is 4.41. The molecule has 0 aliphatic carbocycles. The number of aromatic nitrogens is 2. The Morgan fingerprint density at radius 2 is 1.76 bits per heavy atom. The minimum atomic E-state index is -0.244. The van der Waals surface area contributed by atoms with Gasteiger partial charge in [0.2, 0.25) is 5.13 Å². The van der Waals surface area contributed by atoms with E-state index in [2.05, 4.69) is 34.6 Å². The summed E-state index contributed by atoms with van der Waals surface area (Å²) in [6, 6.07) is 17.8. The highest BCUT2D eigenvalue weighted by Crippen LogP contribution is 2.22. The van der Waals surface area contributed by atoms with Gasteiger partial charge in [0, 0.05) is 6.42 Å². The van der Waals surface area contributed by atoms with Crippen LogP contribution in [0.2, 0.25) is 0 Å². The lowest BCUT2D eigenvalue weighted by Gasteiger charge is -2.07. The molecular formula is C19H19N3O2S. The monoisotopic (exact) mass is 353 g/mol. The summed E-state index contributed by atoms with van der Waals surface area (Å²) in [4.78, 5) is 11.9. The van der Waals surface area contributed by atoms with Crippen molar-refractivity contribution in [3.05, 3.63) is 59.6 Å². The first kappa shape index (κ1) is 17.1. The average molecular weight is 353 g/mol. The average Bonchev–Trinajstić information content (AvgIpc) is 3.08. The van der Waals surface area contributed by atoms with Crippen molar-refractivity contribution in [1.82, 2.24) is 10.2 Å². The molecule has 0 fully saturated rings. The first-order chi connectivity index (χ1) is 12.2. The van der Waals surface area contributed by atoms with Crippen LogP contribution in [0.1, 0.15) is 18.4 Å². The molecule has 0 aliphatic heterocycles. The molecule has 3 aromatic rings. The van der Waals surface area contributed by atoms with Crippen LogP contribution < -0.4 is 10.1 Å². The summed E-state index contributed by atoms with van der Waals surface area (Å²) in [5.74, 6) is 0.408. The molecule has 5 nitrogen and oxygen atoms in total. The Morgan fingerprint density at radius 3 is 2.48 bits per heavy atom. The lowest BCUT2D eigenvalue weighted by molar-refractivity contribution is -0.118. The van der Waals surface area contributed by atoms with Crippen molar-refractivity contribution in [1.29, 1.82) is 0 Å². The maximum atomic E-state index is 11.9. The lowest BCUT2D eigenvalue weighted by Crippen LogP contribution is -2.20. The molecule has 0 spiro atoms. The molecule has 1 amide bonds. The number of ether oxygens (including phenoxy) is 1. The molecule has 3 rings (SSSR count). The van der Waals surface area contributed by atoms with Crippen LogP contribution in [-0.2, 0) is 11.2 Å². The topological polar surface area (TPSA) is 64.1 Å². The second-order valence-electron chi connectivity index (χ2n) is 5.48. The molecule has 1 N–H and O–H groups in total. The van der Waals surface area contributed by atoms with Crippen molar-refractivity contribution in [3.8, 4) is 16.9 Å². The van der Waals surface area contributed by atoms with Crippen molar-refractivity contribution >= 4 is 22.4 Å². The van der Waals surface area contributed by atoms with Gasteiger partial charge in [-0.1, -0.05) is 60.7 Å². The van der Waals surface area contributed by atoms with Crippen LogP contribution in [0.4, 0.5) is 5.13 Å². The van der Waals surface area contributed by atoms with Gasteiger partial charge in [-0.3, -0.25) is 10.1 Å². The van der Waals surface area contributed by atoms with E-state index in [0.29, 0.717) is 10.9 Å². The van der Waals surface area contributed by atoms with Crippen LogP contribution in [0.15, 0.2) is 54.6 Å². The predicted molar refractivity (Wildman–Crippen MR) is 99.9 cm³/mol. The smallest absolute Gasteiger partial charge is 0.264 e. The van der Waals surface area contributed by atoms with Gasteiger partial charge in [-0.2, -0.15) is 0 Å². The molecule has 2 aromatic carbocycles. The molecule has 0 saturated carbocycles. The lowest BCUT2D eigenvalue weighted by atomic mass is 10.1. The van der Waals surface area contributed by atoms with Crippen LogP contribution in [0.25, 0.3) is 11.1 Å². The number of rotatable bonds is 7. The molecule has 0 radical (unpaired) electrons. The fraction of sp³-hybridized carbons (Fsp3) is 0.211. The number of amides is 1. The molecule has 6 heteroatoms. The maximum Gasteiger partial charge on any atom is 0.264 e.